The van der Waals surface area contributed by atoms with Crippen LogP contribution < -0.4 is 4.74 Å². The maximum Gasteiger partial charge on any atom is 0.254 e. The first-order valence-corrected chi connectivity index (χ1v) is 10.6. The minimum Gasteiger partial charge on any atom is -0.493 e. The number of nitrogens with zero attached hydrogens (tertiary/aromatic N) is 2. The summed E-state index contributed by atoms with van der Waals surface area (Å²) >= 11 is 0. The fourth-order valence-electron chi connectivity index (χ4n) is 3.77. The van der Waals surface area contributed by atoms with Gasteiger partial charge in [-0.25, -0.2) is 0 Å². The van der Waals surface area contributed by atoms with Gasteiger partial charge in [0.2, 0.25) is 0 Å². The molecule has 0 spiro atoms. The lowest BCUT2D eigenvalue weighted by molar-refractivity contribution is 0.0743. The summed E-state index contributed by atoms with van der Waals surface area (Å²) < 4.78 is 6.02. The SMILES string of the molecule is CCCOc1cc(C(=O)N(C)[C@H](C)c2cccc3cn[nH]c23)ccc1-c1ccccc1. The first-order valence-electron chi connectivity index (χ1n) is 10.6. The van der Waals surface area contributed by atoms with Gasteiger partial charge in [-0.15, -0.1) is 0 Å². The highest BCUT2D eigenvalue weighted by Gasteiger charge is 2.22. The van der Waals surface area contributed by atoms with Crippen LogP contribution in [0.5, 0.6) is 5.75 Å². The molecular formula is C26H27N3O2. The summed E-state index contributed by atoms with van der Waals surface area (Å²) in [5, 5.41) is 8.23. The number of ether oxygens (including phenoxy) is 1. The van der Waals surface area contributed by atoms with Crippen LogP contribution in [0.3, 0.4) is 0 Å². The largest absolute Gasteiger partial charge is 0.493 e. The summed E-state index contributed by atoms with van der Waals surface area (Å²) in [7, 11) is 1.83. The van der Waals surface area contributed by atoms with Crippen LogP contribution in [-0.2, 0) is 0 Å². The minimum atomic E-state index is -0.120. The smallest absolute Gasteiger partial charge is 0.254 e. The molecule has 3 aromatic carbocycles. The van der Waals surface area contributed by atoms with Gasteiger partial charge < -0.3 is 9.64 Å². The number of carbonyl (C=O) groups is 1. The molecule has 1 atom stereocenters. The van der Waals surface area contributed by atoms with Crippen LogP contribution in [-0.4, -0.2) is 34.7 Å². The summed E-state index contributed by atoms with van der Waals surface area (Å²) in [4.78, 5) is 15.1. The highest BCUT2D eigenvalue weighted by Crippen LogP contribution is 2.33. The van der Waals surface area contributed by atoms with Crippen LogP contribution in [0.25, 0.3) is 22.0 Å². The van der Waals surface area contributed by atoms with Crippen molar-refractivity contribution >= 4 is 16.8 Å². The molecule has 1 aromatic heterocycles. The Kier molecular flexibility index (Phi) is 6.03. The van der Waals surface area contributed by atoms with Gasteiger partial charge in [0.1, 0.15) is 5.75 Å². The van der Waals surface area contributed by atoms with Gasteiger partial charge in [-0.3, -0.25) is 9.89 Å². The van der Waals surface area contributed by atoms with Crippen LogP contribution in [0.4, 0.5) is 0 Å². The van der Waals surface area contributed by atoms with Crippen molar-refractivity contribution in [2.45, 2.75) is 26.3 Å². The van der Waals surface area contributed by atoms with Gasteiger partial charge in [0.05, 0.1) is 24.4 Å². The summed E-state index contributed by atoms with van der Waals surface area (Å²) in [5.41, 5.74) is 4.66. The first-order chi connectivity index (χ1) is 15.1. The van der Waals surface area contributed by atoms with Crippen molar-refractivity contribution in [3.8, 4) is 16.9 Å². The van der Waals surface area contributed by atoms with Crippen molar-refractivity contribution in [3.63, 3.8) is 0 Å². The normalized spacial score (nSPS) is 12.0. The maximum absolute atomic E-state index is 13.4. The number of benzene rings is 3. The van der Waals surface area contributed by atoms with Gasteiger partial charge in [0.15, 0.2) is 0 Å². The van der Waals surface area contributed by atoms with E-state index in [0.29, 0.717) is 12.2 Å². The minimum absolute atomic E-state index is 0.0509. The van der Waals surface area contributed by atoms with Crippen molar-refractivity contribution in [1.82, 2.24) is 15.1 Å². The van der Waals surface area contributed by atoms with Gasteiger partial charge in [-0.2, -0.15) is 5.10 Å². The number of aromatic nitrogens is 2. The van der Waals surface area contributed by atoms with E-state index in [0.717, 1.165) is 39.8 Å². The highest BCUT2D eigenvalue weighted by atomic mass is 16.5. The molecule has 0 saturated heterocycles. The van der Waals surface area contributed by atoms with Gasteiger partial charge in [-0.05, 0) is 37.1 Å². The molecule has 0 bridgehead atoms. The molecule has 4 rings (SSSR count). The molecule has 1 N–H and O–H groups in total. The number of amides is 1. The van der Waals surface area contributed by atoms with Crippen LogP contribution in [0.1, 0.15) is 42.2 Å². The topological polar surface area (TPSA) is 58.2 Å². The van der Waals surface area contributed by atoms with E-state index in [9.17, 15) is 4.79 Å². The number of hydrogen-bond donors (Lipinski definition) is 1. The number of H-pyrrole nitrogens is 1. The van der Waals surface area contributed by atoms with Crippen molar-refractivity contribution in [2.75, 3.05) is 13.7 Å². The molecule has 1 heterocycles. The fraction of sp³-hybridized carbons (Fsp3) is 0.231. The second-order valence-electron chi connectivity index (χ2n) is 7.70. The highest BCUT2D eigenvalue weighted by molar-refractivity contribution is 5.96. The van der Waals surface area contributed by atoms with E-state index in [4.69, 9.17) is 4.74 Å². The van der Waals surface area contributed by atoms with Crippen molar-refractivity contribution in [1.29, 1.82) is 0 Å². The number of carbonyl (C=O) groups excluding carboxylic acids is 1. The number of nitrogens with one attached hydrogen (secondary N) is 1. The van der Waals surface area contributed by atoms with Gasteiger partial charge >= 0.3 is 0 Å². The molecule has 4 aromatic rings. The Labute approximate surface area is 182 Å². The van der Waals surface area contributed by atoms with Crippen LogP contribution in [0.15, 0.2) is 72.9 Å². The number of para-hydroxylation sites is 1. The molecule has 1 amide bonds. The van der Waals surface area contributed by atoms with E-state index in [1.807, 2.05) is 68.6 Å². The summed E-state index contributed by atoms with van der Waals surface area (Å²) in [5.74, 6) is 0.681. The van der Waals surface area contributed by atoms with Crippen molar-refractivity contribution in [2.24, 2.45) is 0 Å². The lowest BCUT2D eigenvalue weighted by Crippen LogP contribution is -2.29. The number of aromatic amines is 1. The van der Waals surface area contributed by atoms with E-state index in [1.54, 1.807) is 11.1 Å². The van der Waals surface area contributed by atoms with E-state index in [1.165, 1.54) is 0 Å². The quantitative estimate of drug-likeness (QED) is 0.413. The molecule has 158 valence electrons. The van der Waals surface area contributed by atoms with Crippen molar-refractivity contribution < 1.29 is 9.53 Å². The number of fused-ring (bicyclic) bond motifs is 1. The summed E-state index contributed by atoms with van der Waals surface area (Å²) in [6.45, 7) is 4.70. The van der Waals surface area contributed by atoms with Crippen LogP contribution in [0, 0.1) is 0 Å². The third-order valence-electron chi connectivity index (χ3n) is 5.64. The molecule has 0 fully saturated rings. The Balaban J connectivity index is 1.65. The summed E-state index contributed by atoms with van der Waals surface area (Å²) in [6, 6.07) is 21.7. The van der Waals surface area contributed by atoms with E-state index < -0.39 is 0 Å². The zero-order chi connectivity index (χ0) is 21.8. The van der Waals surface area contributed by atoms with Gasteiger partial charge in [0.25, 0.3) is 5.91 Å². The van der Waals surface area contributed by atoms with E-state index in [-0.39, 0.29) is 11.9 Å². The van der Waals surface area contributed by atoms with E-state index >= 15 is 0 Å². The Morgan fingerprint density at radius 2 is 1.90 bits per heavy atom. The zero-order valence-corrected chi connectivity index (χ0v) is 18.1. The number of rotatable bonds is 7. The maximum atomic E-state index is 13.4. The lowest BCUT2D eigenvalue weighted by Gasteiger charge is -2.26. The zero-order valence-electron chi connectivity index (χ0n) is 18.1. The molecule has 0 aliphatic heterocycles. The lowest BCUT2D eigenvalue weighted by atomic mass is 10.0. The average molecular weight is 414 g/mol. The van der Waals surface area contributed by atoms with E-state index in [2.05, 4.69) is 29.3 Å². The summed E-state index contributed by atoms with van der Waals surface area (Å²) in [6.07, 6.45) is 2.70. The second kappa shape index (κ2) is 9.04. The van der Waals surface area contributed by atoms with Gasteiger partial charge in [0, 0.05) is 29.1 Å². The third-order valence-corrected chi connectivity index (χ3v) is 5.64. The predicted molar refractivity (Wildman–Crippen MR) is 124 cm³/mol. The standard InChI is InChI=1S/C26H27N3O2/c1-4-15-31-24-16-20(13-14-23(24)19-9-6-5-7-10-19)26(30)29(3)18(2)22-12-8-11-21-17-27-28-25(21)22/h5-14,16-18H,4,15H2,1-3H3,(H,27,28)/t18-/m1/s1. The fourth-order valence-corrected chi connectivity index (χ4v) is 3.77. The molecule has 0 radical (unpaired) electrons. The first kappa shape index (κ1) is 20.7. The van der Waals surface area contributed by atoms with Crippen LogP contribution >= 0.6 is 0 Å². The molecule has 0 unspecified atom stereocenters. The molecule has 5 heteroatoms. The Bertz CT molecular complexity index is 1180. The molecular weight excluding hydrogens is 386 g/mol. The predicted octanol–water partition coefficient (Wildman–Crippen LogP) is 5.85. The average Bonchev–Trinajstić information content (AvgIpc) is 3.31. The second-order valence-corrected chi connectivity index (χ2v) is 7.70. The molecule has 5 nitrogen and oxygen atoms in total. The third kappa shape index (κ3) is 4.17. The van der Waals surface area contributed by atoms with Crippen LogP contribution in [0.2, 0.25) is 0 Å². The molecule has 31 heavy (non-hydrogen) atoms. The molecule has 0 aliphatic rings. The Morgan fingerprint density at radius 1 is 1.10 bits per heavy atom. The molecule has 0 saturated carbocycles. The van der Waals surface area contributed by atoms with Gasteiger partial charge in [-0.1, -0.05) is 55.5 Å². The Hall–Kier alpha value is -3.60. The molecule has 0 aliphatic carbocycles. The Morgan fingerprint density at radius 3 is 2.68 bits per heavy atom. The van der Waals surface area contributed by atoms with Crippen molar-refractivity contribution in [3.05, 3.63) is 84.1 Å². The monoisotopic (exact) mass is 413 g/mol. The number of hydrogen-bond acceptors (Lipinski definition) is 3.